The molecule has 3 aromatic rings. The molecule has 0 fully saturated rings. The lowest BCUT2D eigenvalue weighted by molar-refractivity contribution is -0.120. The van der Waals surface area contributed by atoms with Crippen LogP contribution >= 0.6 is 11.6 Å². The number of carbonyl (C=O) groups is 4. The second-order valence-electron chi connectivity index (χ2n) is 7.79. The Morgan fingerprint density at radius 3 is 2.03 bits per heavy atom. The summed E-state index contributed by atoms with van der Waals surface area (Å²) in [5.74, 6) is -1.48. The number of anilines is 3. The first-order chi connectivity index (χ1) is 17.8. The normalized spacial score (nSPS) is 13.0. The average molecular weight is 520 g/mol. The fourth-order valence-corrected chi connectivity index (χ4v) is 3.75. The zero-order valence-electron chi connectivity index (χ0n) is 19.9. The molecule has 0 atom stereocenters. The highest BCUT2D eigenvalue weighted by Gasteiger charge is 2.39. The van der Waals surface area contributed by atoms with Gasteiger partial charge in [0.2, 0.25) is 0 Å². The smallest absolute Gasteiger partial charge is 0.338 e. The minimum atomic E-state index is -0.649. The highest BCUT2D eigenvalue weighted by atomic mass is 35.5. The van der Waals surface area contributed by atoms with Gasteiger partial charge < -0.3 is 20.1 Å². The van der Waals surface area contributed by atoms with Gasteiger partial charge in [0.25, 0.3) is 17.7 Å². The summed E-state index contributed by atoms with van der Waals surface area (Å²) in [6, 6.07) is 19.1. The molecule has 3 amide bonds. The molecular formula is C27H22ClN3O6. The number of halogens is 1. The highest BCUT2D eigenvalue weighted by Crippen LogP contribution is 2.31. The van der Waals surface area contributed by atoms with Crippen molar-refractivity contribution in [3.05, 3.63) is 94.7 Å². The van der Waals surface area contributed by atoms with Gasteiger partial charge in [-0.2, -0.15) is 0 Å². The van der Waals surface area contributed by atoms with Gasteiger partial charge in [0, 0.05) is 16.9 Å². The molecule has 10 heteroatoms. The van der Waals surface area contributed by atoms with Crippen molar-refractivity contribution < 1.29 is 28.7 Å². The molecule has 0 aliphatic carbocycles. The summed E-state index contributed by atoms with van der Waals surface area (Å²) in [6.45, 7) is 2.00. The Labute approximate surface area is 217 Å². The molecule has 0 aromatic heterocycles. The summed E-state index contributed by atoms with van der Waals surface area (Å²) in [5.41, 5.74) is 1.99. The molecule has 0 saturated heterocycles. The van der Waals surface area contributed by atoms with Crippen LogP contribution in [0.25, 0.3) is 0 Å². The molecule has 1 aliphatic heterocycles. The third-order valence-corrected chi connectivity index (χ3v) is 5.78. The van der Waals surface area contributed by atoms with Gasteiger partial charge in [-0.1, -0.05) is 11.6 Å². The van der Waals surface area contributed by atoms with Gasteiger partial charge in [-0.25, -0.2) is 9.69 Å². The predicted octanol–water partition coefficient (Wildman–Crippen LogP) is 4.56. The van der Waals surface area contributed by atoms with E-state index in [4.69, 9.17) is 21.1 Å². The van der Waals surface area contributed by atoms with Gasteiger partial charge in [0.15, 0.2) is 0 Å². The SMILES string of the molecule is CCOC(=O)c1ccc(NC(=O)c2ccc(NC3=C(Cl)C(=O)N(c4ccc(OC)cc4)C3=O)cc2)cc1. The first-order valence-electron chi connectivity index (χ1n) is 11.2. The van der Waals surface area contributed by atoms with Gasteiger partial charge in [-0.3, -0.25) is 14.4 Å². The number of hydrogen-bond donors (Lipinski definition) is 2. The topological polar surface area (TPSA) is 114 Å². The van der Waals surface area contributed by atoms with Crippen LogP contribution in [0.15, 0.2) is 83.5 Å². The number of ether oxygens (including phenoxy) is 2. The van der Waals surface area contributed by atoms with Crippen LogP contribution in [0.1, 0.15) is 27.6 Å². The van der Waals surface area contributed by atoms with E-state index in [1.165, 1.54) is 7.11 Å². The summed E-state index contributed by atoms with van der Waals surface area (Å²) < 4.78 is 10.0. The number of hydrogen-bond acceptors (Lipinski definition) is 7. The number of rotatable bonds is 8. The molecule has 0 unspecified atom stereocenters. The van der Waals surface area contributed by atoms with Crippen LogP contribution in [-0.4, -0.2) is 37.4 Å². The molecule has 1 heterocycles. The third-order valence-electron chi connectivity index (χ3n) is 5.43. The first-order valence-corrected chi connectivity index (χ1v) is 11.6. The Hall–Kier alpha value is -4.63. The summed E-state index contributed by atoms with van der Waals surface area (Å²) in [6.07, 6.45) is 0. The van der Waals surface area contributed by atoms with E-state index in [9.17, 15) is 19.2 Å². The van der Waals surface area contributed by atoms with Crippen LogP contribution in [0.3, 0.4) is 0 Å². The van der Waals surface area contributed by atoms with E-state index in [-0.39, 0.29) is 23.2 Å². The van der Waals surface area contributed by atoms with E-state index >= 15 is 0 Å². The quantitative estimate of drug-likeness (QED) is 0.331. The zero-order valence-corrected chi connectivity index (χ0v) is 20.7. The van der Waals surface area contributed by atoms with Gasteiger partial charge in [0.1, 0.15) is 16.5 Å². The first kappa shape index (κ1) is 25.5. The molecule has 0 spiro atoms. The number of amides is 3. The van der Waals surface area contributed by atoms with Gasteiger partial charge in [0.05, 0.1) is 25.0 Å². The van der Waals surface area contributed by atoms with Crippen molar-refractivity contribution in [1.29, 1.82) is 0 Å². The van der Waals surface area contributed by atoms with Crippen LogP contribution in [0.5, 0.6) is 5.75 Å². The van der Waals surface area contributed by atoms with E-state index in [0.29, 0.717) is 33.9 Å². The van der Waals surface area contributed by atoms with Crippen LogP contribution in [0.4, 0.5) is 17.1 Å². The number of imide groups is 1. The molecule has 3 aromatic carbocycles. The Morgan fingerprint density at radius 1 is 0.838 bits per heavy atom. The van der Waals surface area contributed by atoms with Crippen molar-refractivity contribution >= 4 is 52.4 Å². The monoisotopic (exact) mass is 519 g/mol. The number of benzene rings is 3. The fraction of sp³-hybridized carbons (Fsp3) is 0.111. The van der Waals surface area contributed by atoms with E-state index in [2.05, 4.69) is 10.6 Å². The Kier molecular flexibility index (Phi) is 7.55. The molecule has 188 valence electrons. The highest BCUT2D eigenvalue weighted by molar-refractivity contribution is 6.53. The summed E-state index contributed by atoms with van der Waals surface area (Å²) in [5, 5.41) is 5.37. The minimum Gasteiger partial charge on any atom is -0.497 e. The summed E-state index contributed by atoms with van der Waals surface area (Å²) in [7, 11) is 1.52. The van der Waals surface area contributed by atoms with Crippen LogP contribution in [0.2, 0.25) is 0 Å². The van der Waals surface area contributed by atoms with Crippen LogP contribution in [-0.2, 0) is 14.3 Å². The van der Waals surface area contributed by atoms with Crippen LogP contribution < -0.4 is 20.3 Å². The van der Waals surface area contributed by atoms with Crippen molar-refractivity contribution in [2.45, 2.75) is 6.92 Å². The second kappa shape index (κ2) is 11.0. The average Bonchev–Trinajstić information content (AvgIpc) is 3.12. The van der Waals surface area contributed by atoms with Gasteiger partial charge in [-0.15, -0.1) is 0 Å². The maximum Gasteiger partial charge on any atom is 0.338 e. The van der Waals surface area contributed by atoms with E-state index in [1.54, 1.807) is 79.7 Å². The molecule has 9 nitrogen and oxygen atoms in total. The Bertz CT molecular complexity index is 1380. The largest absolute Gasteiger partial charge is 0.497 e. The molecule has 37 heavy (non-hydrogen) atoms. The molecular weight excluding hydrogens is 498 g/mol. The van der Waals surface area contributed by atoms with Crippen molar-refractivity contribution in [3.63, 3.8) is 0 Å². The third kappa shape index (κ3) is 5.46. The Morgan fingerprint density at radius 2 is 1.43 bits per heavy atom. The molecule has 0 saturated carbocycles. The van der Waals surface area contributed by atoms with Crippen LogP contribution in [0, 0.1) is 0 Å². The molecule has 0 bridgehead atoms. The lowest BCUT2D eigenvalue weighted by Crippen LogP contribution is -2.32. The minimum absolute atomic E-state index is 0.0682. The van der Waals surface area contributed by atoms with Crippen molar-refractivity contribution in [2.24, 2.45) is 0 Å². The lowest BCUT2D eigenvalue weighted by Gasteiger charge is -2.15. The summed E-state index contributed by atoms with van der Waals surface area (Å²) in [4.78, 5) is 50.9. The van der Waals surface area contributed by atoms with Crippen molar-refractivity contribution in [1.82, 2.24) is 0 Å². The van der Waals surface area contributed by atoms with Gasteiger partial charge in [-0.05, 0) is 79.7 Å². The van der Waals surface area contributed by atoms with Crippen molar-refractivity contribution in [3.8, 4) is 5.75 Å². The molecule has 4 rings (SSSR count). The van der Waals surface area contributed by atoms with E-state index < -0.39 is 17.8 Å². The fourth-order valence-electron chi connectivity index (χ4n) is 3.53. The number of esters is 1. The number of nitrogens with one attached hydrogen (secondary N) is 2. The lowest BCUT2D eigenvalue weighted by atomic mass is 10.1. The number of methoxy groups -OCH3 is 1. The molecule has 2 N–H and O–H groups in total. The Balaban J connectivity index is 1.41. The van der Waals surface area contributed by atoms with E-state index in [0.717, 1.165) is 4.90 Å². The maximum absolute atomic E-state index is 12.9. The van der Waals surface area contributed by atoms with Gasteiger partial charge >= 0.3 is 5.97 Å². The predicted molar refractivity (Wildman–Crippen MR) is 139 cm³/mol. The standard InChI is InChI=1S/C27H22ClN3O6/c1-3-37-27(35)17-6-10-19(11-7-17)30-24(32)16-4-8-18(9-5-16)29-23-22(28)25(33)31(26(23)34)20-12-14-21(36-2)15-13-20/h4-15,29H,3H2,1-2H3,(H,30,32). The summed E-state index contributed by atoms with van der Waals surface area (Å²) >= 11 is 6.18. The second-order valence-corrected chi connectivity index (χ2v) is 8.16. The number of carbonyl (C=O) groups excluding carboxylic acids is 4. The van der Waals surface area contributed by atoms with E-state index in [1.807, 2.05) is 0 Å². The zero-order chi connectivity index (χ0) is 26.5. The maximum atomic E-state index is 12.9. The van der Waals surface area contributed by atoms with Crippen molar-refractivity contribution in [2.75, 3.05) is 29.3 Å². The molecule has 1 aliphatic rings. The molecule has 0 radical (unpaired) electrons. The number of nitrogens with zero attached hydrogens (tertiary/aromatic N) is 1.